The summed E-state index contributed by atoms with van der Waals surface area (Å²) in [7, 11) is 0. The van der Waals surface area contributed by atoms with Crippen LogP contribution in [-0.4, -0.2) is 43.6 Å². The van der Waals surface area contributed by atoms with Gasteiger partial charge in [-0.15, -0.1) is 5.10 Å². The highest BCUT2D eigenvalue weighted by Crippen LogP contribution is 2.13. The summed E-state index contributed by atoms with van der Waals surface area (Å²) in [5, 5.41) is 12.5. The molecule has 0 aliphatic heterocycles. The van der Waals surface area contributed by atoms with Gasteiger partial charge in [-0.05, 0) is 19.1 Å². The SMILES string of the molecule is CCOC(=O)Nc1cn(CC(=O)Nc2nc3ccccc3[nH]2)nn1. The molecule has 0 saturated heterocycles. The van der Waals surface area contributed by atoms with Crippen LogP contribution < -0.4 is 10.6 Å². The molecule has 2 heterocycles. The van der Waals surface area contributed by atoms with E-state index in [1.54, 1.807) is 6.92 Å². The molecule has 124 valence electrons. The monoisotopic (exact) mass is 329 g/mol. The van der Waals surface area contributed by atoms with Gasteiger partial charge in [0.1, 0.15) is 6.54 Å². The summed E-state index contributed by atoms with van der Waals surface area (Å²) in [5.74, 6) is 0.220. The number of amides is 2. The number of hydrogen-bond acceptors (Lipinski definition) is 6. The Labute approximate surface area is 136 Å². The second-order valence-electron chi connectivity index (χ2n) is 4.80. The number of nitrogens with zero attached hydrogens (tertiary/aromatic N) is 4. The average Bonchev–Trinajstić information content (AvgIpc) is 3.13. The van der Waals surface area contributed by atoms with Crippen molar-refractivity contribution >= 4 is 34.8 Å². The second-order valence-corrected chi connectivity index (χ2v) is 4.80. The molecule has 0 unspecified atom stereocenters. The van der Waals surface area contributed by atoms with Crippen LogP contribution in [0.15, 0.2) is 30.5 Å². The van der Waals surface area contributed by atoms with Crippen LogP contribution in [0.25, 0.3) is 11.0 Å². The largest absolute Gasteiger partial charge is 0.450 e. The number of carbonyl (C=O) groups is 2. The molecule has 24 heavy (non-hydrogen) atoms. The number of benzene rings is 1. The topological polar surface area (TPSA) is 127 Å². The lowest BCUT2D eigenvalue weighted by molar-refractivity contribution is -0.117. The molecule has 0 bridgehead atoms. The number of carbonyl (C=O) groups excluding carboxylic acids is 2. The highest BCUT2D eigenvalue weighted by molar-refractivity contribution is 5.91. The Morgan fingerprint density at radius 2 is 2.12 bits per heavy atom. The van der Waals surface area contributed by atoms with Gasteiger partial charge in [-0.1, -0.05) is 17.3 Å². The van der Waals surface area contributed by atoms with Gasteiger partial charge < -0.3 is 9.72 Å². The predicted octanol–water partition coefficient (Wildman–Crippen LogP) is 1.36. The van der Waals surface area contributed by atoms with E-state index < -0.39 is 6.09 Å². The zero-order chi connectivity index (χ0) is 16.9. The van der Waals surface area contributed by atoms with E-state index in [0.717, 1.165) is 11.0 Å². The Hall–Kier alpha value is -3.43. The van der Waals surface area contributed by atoms with Crippen molar-refractivity contribution in [3.63, 3.8) is 0 Å². The Kier molecular flexibility index (Phi) is 4.36. The fourth-order valence-electron chi connectivity index (χ4n) is 2.04. The van der Waals surface area contributed by atoms with Crippen molar-refractivity contribution in [2.24, 2.45) is 0 Å². The molecule has 2 amide bonds. The molecule has 0 aliphatic rings. The molecule has 10 heteroatoms. The van der Waals surface area contributed by atoms with Crippen molar-refractivity contribution in [2.45, 2.75) is 13.5 Å². The molecular formula is C14H15N7O3. The standard InChI is InChI=1S/C14H15N7O3/c1-2-24-14(23)17-11-7-21(20-19-11)8-12(22)18-13-15-9-5-3-4-6-10(9)16-13/h3-7H,2,8H2,1H3,(H,17,23)(H2,15,16,18,22). The lowest BCUT2D eigenvalue weighted by Gasteiger charge is -2.01. The van der Waals surface area contributed by atoms with Crippen molar-refractivity contribution < 1.29 is 14.3 Å². The maximum absolute atomic E-state index is 12.0. The number of hydrogen-bond donors (Lipinski definition) is 3. The maximum Gasteiger partial charge on any atom is 0.412 e. The van der Waals surface area contributed by atoms with Crippen molar-refractivity contribution in [2.75, 3.05) is 17.2 Å². The number of ether oxygens (including phenoxy) is 1. The lowest BCUT2D eigenvalue weighted by Crippen LogP contribution is -2.19. The molecule has 1 aromatic carbocycles. The first-order valence-corrected chi connectivity index (χ1v) is 7.22. The average molecular weight is 329 g/mol. The molecule has 2 aromatic heterocycles. The van der Waals surface area contributed by atoms with Crippen molar-refractivity contribution in [1.29, 1.82) is 0 Å². The zero-order valence-corrected chi connectivity index (χ0v) is 12.8. The summed E-state index contributed by atoms with van der Waals surface area (Å²) in [4.78, 5) is 30.5. The fourth-order valence-corrected chi connectivity index (χ4v) is 2.04. The first-order valence-electron chi connectivity index (χ1n) is 7.22. The van der Waals surface area contributed by atoms with Crippen molar-refractivity contribution in [1.82, 2.24) is 25.0 Å². The Morgan fingerprint density at radius 1 is 1.29 bits per heavy atom. The number of aromatic nitrogens is 5. The van der Waals surface area contributed by atoms with Crippen molar-refractivity contribution in [3.8, 4) is 0 Å². The summed E-state index contributed by atoms with van der Waals surface area (Å²) in [6.07, 6.45) is 0.797. The van der Waals surface area contributed by atoms with Gasteiger partial charge in [-0.3, -0.25) is 15.4 Å². The van der Waals surface area contributed by atoms with E-state index in [2.05, 4.69) is 30.9 Å². The first kappa shape index (κ1) is 15.5. The normalized spacial score (nSPS) is 10.5. The van der Waals surface area contributed by atoms with Gasteiger partial charge >= 0.3 is 6.09 Å². The number of imidazole rings is 1. The highest BCUT2D eigenvalue weighted by Gasteiger charge is 2.10. The van der Waals surface area contributed by atoms with E-state index in [1.165, 1.54) is 10.9 Å². The summed E-state index contributed by atoms with van der Waals surface area (Å²) in [6.45, 7) is 1.87. The van der Waals surface area contributed by atoms with Crippen LogP contribution in [0.4, 0.5) is 16.6 Å². The van der Waals surface area contributed by atoms with E-state index in [1.807, 2.05) is 24.3 Å². The van der Waals surface area contributed by atoms with Gasteiger partial charge in [0, 0.05) is 0 Å². The third-order valence-electron chi connectivity index (χ3n) is 3.00. The summed E-state index contributed by atoms with van der Waals surface area (Å²) in [6, 6.07) is 7.44. The highest BCUT2D eigenvalue weighted by atomic mass is 16.5. The number of fused-ring (bicyclic) bond motifs is 1. The molecule has 3 rings (SSSR count). The van der Waals surface area contributed by atoms with Gasteiger partial charge in [0.25, 0.3) is 0 Å². The number of H-pyrrole nitrogens is 1. The minimum absolute atomic E-state index is 0.0749. The van der Waals surface area contributed by atoms with Crippen LogP contribution in [-0.2, 0) is 16.1 Å². The summed E-state index contributed by atoms with van der Waals surface area (Å²) >= 11 is 0. The van der Waals surface area contributed by atoms with E-state index in [0.29, 0.717) is 5.95 Å². The lowest BCUT2D eigenvalue weighted by atomic mass is 10.3. The Bertz CT molecular complexity index is 837. The van der Waals surface area contributed by atoms with E-state index >= 15 is 0 Å². The number of aromatic amines is 1. The van der Waals surface area contributed by atoms with Gasteiger partial charge in [0.2, 0.25) is 11.9 Å². The molecule has 0 saturated carbocycles. The number of anilines is 2. The smallest absolute Gasteiger partial charge is 0.412 e. The third kappa shape index (κ3) is 3.66. The van der Waals surface area contributed by atoms with Crippen molar-refractivity contribution in [3.05, 3.63) is 30.5 Å². The van der Waals surface area contributed by atoms with E-state index in [4.69, 9.17) is 4.74 Å². The second kappa shape index (κ2) is 6.77. The zero-order valence-electron chi connectivity index (χ0n) is 12.8. The van der Waals surface area contributed by atoms with Crippen LogP contribution in [0, 0.1) is 0 Å². The number of rotatable bonds is 5. The Balaban J connectivity index is 1.58. The molecule has 3 aromatic rings. The predicted molar refractivity (Wildman–Crippen MR) is 85.4 cm³/mol. The molecule has 10 nitrogen and oxygen atoms in total. The quantitative estimate of drug-likeness (QED) is 0.648. The first-order chi connectivity index (χ1) is 11.6. The molecule has 0 atom stereocenters. The van der Waals surface area contributed by atoms with Gasteiger partial charge in [-0.2, -0.15) is 0 Å². The number of nitrogens with one attached hydrogen (secondary N) is 3. The maximum atomic E-state index is 12.0. The minimum Gasteiger partial charge on any atom is -0.450 e. The molecule has 0 radical (unpaired) electrons. The van der Waals surface area contributed by atoms with Gasteiger partial charge in [0.05, 0.1) is 23.8 Å². The van der Waals surface area contributed by atoms with Gasteiger partial charge in [-0.25, -0.2) is 14.5 Å². The van der Waals surface area contributed by atoms with E-state index in [-0.39, 0.29) is 24.9 Å². The summed E-state index contributed by atoms with van der Waals surface area (Å²) < 4.78 is 6.02. The fraction of sp³-hybridized carbons (Fsp3) is 0.214. The molecule has 0 aliphatic carbocycles. The number of para-hydroxylation sites is 2. The van der Waals surface area contributed by atoms with Crippen LogP contribution in [0.5, 0.6) is 0 Å². The molecule has 0 fully saturated rings. The minimum atomic E-state index is -0.628. The molecule has 3 N–H and O–H groups in total. The third-order valence-corrected chi connectivity index (χ3v) is 3.00. The molecular weight excluding hydrogens is 314 g/mol. The van der Waals surface area contributed by atoms with Crippen LogP contribution in [0.3, 0.4) is 0 Å². The van der Waals surface area contributed by atoms with Gasteiger partial charge in [0.15, 0.2) is 5.82 Å². The molecule has 0 spiro atoms. The van der Waals surface area contributed by atoms with Crippen LogP contribution in [0.2, 0.25) is 0 Å². The Morgan fingerprint density at radius 3 is 2.92 bits per heavy atom. The van der Waals surface area contributed by atoms with E-state index in [9.17, 15) is 9.59 Å². The summed E-state index contributed by atoms with van der Waals surface area (Å²) in [5.41, 5.74) is 1.59. The van der Waals surface area contributed by atoms with Crippen LogP contribution >= 0.6 is 0 Å². The van der Waals surface area contributed by atoms with Crippen LogP contribution in [0.1, 0.15) is 6.92 Å².